The van der Waals surface area contributed by atoms with Gasteiger partial charge in [-0.05, 0) is 34.0 Å². The lowest BCUT2D eigenvalue weighted by molar-refractivity contribution is -0.389. The lowest BCUT2D eigenvalue weighted by Gasteiger charge is -2.12. The smallest absolute Gasteiger partial charge is 0.381 e. The molecule has 1 atom stereocenters. The first-order chi connectivity index (χ1) is 10.1. The fourth-order valence-electron chi connectivity index (χ4n) is 1.85. The molecule has 112 valence electrons. The van der Waals surface area contributed by atoms with Gasteiger partial charge in [0.05, 0.1) is 6.54 Å². The number of aryl methyl sites for hydroxylation is 1. The second-order valence-corrected chi connectivity index (χ2v) is 4.65. The number of nitro groups is 1. The molecule has 0 saturated carbocycles. The first-order valence-electron chi connectivity index (χ1n) is 6.64. The minimum absolute atomic E-state index is 0.109. The number of imidazole rings is 1. The quantitative estimate of drug-likeness (QED) is 0.620. The molecule has 7 heteroatoms. The van der Waals surface area contributed by atoms with Crippen LogP contribution in [0.5, 0.6) is 5.75 Å². The number of ether oxygens (including phenoxy) is 1. The molecule has 0 fully saturated rings. The van der Waals surface area contributed by atoms with Crippen molar-refractivity contribution in [2.75, 3.05) is 6.61 Å². The number of nitrogens with zero attached hydrogens (tertiary/aromatic N) is 3. The molecule has 0 saturated heterocycles. The summed E-state index contributed by atoms with van der Waals surface area (Å²) < 4.78 is 6.94. The third kappa shape index (κ3) is 4.28. The molecule has 7 nitrogen and oxygen atoms in total. The highest BCUT2D eigenvalue weighted by molar-refractivity contribution is 5.27. The molecule has 2 rings (SSSR count). The second kappa shape index (κ2) is 6.85. The average molecular weight is 291 g/mol. The fraction of sp³-hybridized carbons (Fsp3) is 0.357. The van der Waals surface area contributed by atoms with E-state index in [9.17, 15) is 15.2 Å². The summed E-state index contributed by atoms with van der Waals surface area (Å²) in [5, 5.41) is 20.4. The van der Waals surface area contributed by atoms with Crippen LogP contribution >= 0.6 is 0 Å². The highest BCUT2D eigenvalue weighted by atomic mass is 16.6. The summed E-state index contributed by atoms with van der Waals surface area (Å²) in [6, 6.07) is 7.66. The van der Waals surface area contributed by atoms with Crippen molar-refractivity contribution in [2.24, 2.45) is 0 Å². The van der Waals surface area contributed by atoms with Crippen LogP contribution in [0.3, 0.4) is 0 Å². The largest absolute Gasteiger partial charge is 0.491 e. The van der Waals surface area contributed by atoms with E-state index in [4.69, 9.17) is 4.74 Å². The number of hydrogen-bond acceptors (Lipinski definition) is 5. The zero-order valence-corrected chi connectivity index (χ0v) is 11.7. The Bertz CT molecular complexity index is 595. The zero-order chi connectivity index (χ0) is 15.2. The van der Waals surface area contributed by atoms with Gasteiger partial charge in [0.1, 0.15) is 24.7 Å². The SMILES string of the molecule is CCc1ccc(OCC(O)Cn2cnc([N+](=O)[O-])c2)cc1. The van der Waals surface area contributed by atoms with Crippen LogP contribution in [0.2, 0.25) is 0 Å². The van der Waals surface area contributed by atoms with Gasteiger partial charge in [0.15, 0.2) is 0 Å². The van der Waals surface area contributed by atoms with Crippen molar-refractivity contribution >= 4 is 5.82 Å². The second-order valence-electron chi connectivity index (χ2n) is 4.65. The number of aromatic nitrogens is 2. The van der Waals surface area contributed by atoms with Crippen LogP contribution in [-0.2, 0) is 13.0 Å². The highest BCUT2D eigenvalue weighted by Gasteiger charge is 2.13. The van der Waals surface area contributed by atoms with Crippen LogP contribution in [0.25, 0.3) is 0 Å². The molecule has 1 heterocycles. The van der Waals surface area contributed by atoms with Gasteiger partial charge in [-0.2, -0.15) is 0 Å². The number of benzene rings is 1. The summed E-state index contributed by atoms with van der Waals surface area (Å²) in [5.74, 6) is 0.445. The summed E-state index contributed by atoms with van der Waals surface area (Å²) in [4.78, 5) is 13.5. The Morgan fingerprint density at radius 2 is 2.14 bits per heavy atom. The first kappa shape index (κ1) is 15.0. The van der Waals surface area contributed by atoms with Crippen molar-refractivity contribution < 1.29 is 14.8 Å². The van der Waals surface area contributed by atoms with E-state index in [1.807, 2.05) is 24.3 Å². The molecule has 0 aliphatic rings. The number of aliphatic hydroxyl groups is 1. The maximum Gasteiger partial charge on any atom is 0.381 e. The van der Waals surface area contributed by atoms with Gasteiger partial charge in [-0.25, -0.2) is 0 Å². The lowest BCUT2D eigenvalue weighted by atomic mass is 10.2. The molecule has 2 aromatic rings. The molecular formula is C14H17N3O4. The summed E-state index contributed by atoms with van der Waals surface area (Å²) in [7, 11) is 0. The van der Waals surface area contributed by atoms with E-state index in [-0.39, 0.29) is 19.0 Å². The molecule has 1 aromatic carbocycles. The number of aliphatic hydroxyl groups excluding tert-OH is 1. The topological polar surface area (TPSA) is 90.4 Å². The van der Waals surface area contributed by atoms with Crippen LogP contribution < -0.4 is 4.74 Å². The van der Waals surface area contributed by atoms with Gasteiger partial charge in [-0.15, -0.1) is 0 Å². The molecule has 21 heavy (non-hydrogen) atoms. The van der Waals surface area contributed by atoms with E-state index in [0.29, 0.717) is 5.75 Å². The standard InChI is InChI=1S/C14H17N3O4/c1-2-11-3-5-13(6-4-11)21-9-12(18)7-16-8-14(15-10-16)17(19)20/h3-6,8,10,12,18H,2,7,9H2,1H3. The third-order valence-corrected chi connectivity index (χ3v) is 3.00. The van der Waals surface area contributed by atoms with Gasteiger partial charge in [-0.1, -0.05) is 19.1 Å². The van der Waals surface area contributed by atoms with Crippen LogP contribution in [0, 0.1) is 10.1 Å². The Morgan fingerprint density at radius 3 is 2.71 bits per heavy atom. The van der Waals surface area contributed by atoms with Gasteiger partial charge in [-0.3, -0.25) is 0 Å². The minimum atomic E-state index is -0.773. The molecule has 0 spiro atoms. The molecule has 0 bridgehead atoms. The Balaban J connectivity index is 1.83. The van der Waals surface area contributed by atoms with Gasteiger partial charge in [0.2, 0.25) is 6.33 Å². The van der Waals surface area contributed by atoms with Crippen LogP contribution in [0.1, 0.15) is 12.5 Å². The molecule has 0 aliphatic heterocycles. The van der Waals surface area contributed by atoms with Crippen molar-refractivity contribution in [3.8, 4) is 5.75 Å². The molecule has 0 radical (unpaired) electrons. The monoisotopic (exact) mass is 291 g/mol. The summed E-state index contributed by atoms with van der Waals surface area (Å²) in [5.41, 5.74) is 1.22. The number of hydrogen-bond donors (Lipinski definition) is 1. The van der Waals surface area contributed by atoms with Crippen molar-refractivity contribution in [3.05, 3.63) is 52.5 Å². The summed E-state index contributed by atoms with van der Waals surface area (Å²) in [6.45, 7) is 2.37. The molecule has 0 amide bonds. The van der Waals surface area contributed by atoms with E-state index >= 15 is 0 Å². The van der Waals surface area contributed by atoms with Gasteiger partial charge < -0.3 is 24.5 Å². The van der Waals surface area contributed by atoms with E-state index in [0.717, 1.165) is 6.42 Å². The Labute approximate surface area is 122 Å². The first-order valence-corrected chi connectivity index (χ1v) is 6.64. The molecule has 0 aliphatic carbocycles. The van der Waals surface area contributed by atoms with Crippen molar-refractivity contribution in [2.45, 2.75) is 26.0 Å². The molecule has 1 unspecified atom stereocenters. The van der Waals surface area contributed by atoms with E-state index in [1.165, 1.54) is 22.7 Å². The van der Waals surface area contributed by atoms with Crippen LogP contribution in [0.4, 0.5) is 5.82 Å². The van der Waals surface area contributed by atoms with Gasteiger partial charge >= 0.3 is 5.82 Å². The Hall–Kier alpha value is -2.41. The number of rotatable bonds is 7. The predicted molar refractivity (Wildman–Crippen MR) is 76.2 cm³/mol. The zero-order valence-electron chi connectivity index (χ0n) is 11.7. The predicted octanol–water partition coefficient (Wildman–Crippen LogP) is 1.79. The average Bonchev–Trinajstić information content (AvgIpc) is 2.94. The Morgan fingerprint density at radius 1 is 1.43 bits per heavy atom. The highest BCUT2D eigenvalue weighted by Crippen LogP contribution is 2.13. The van der Waals surface area contributed by atoms with Gasteiger partial charge in [0, 0.05) is 0 Å². The van der Waals surface area contributed by atoms with Crippen molar-refractivity contribution in [1.82, 2.24) is 9.55 Å². The van der Waals surface area contributed by atoms with Crippen LogP contribution in [0.15, 0.2) is 36.8 Å². The Kier molecular flexibility index (Phi) is 4.89. The molecule has 1 N–H and O–H groups in total. The van der Waals surface area contributed by atoms with Crippen molar-refractivity contribution in [1.29, 1.82) is 0 Å². The van der Waals surface area contributed by atoms with Crippen LogP contribution in [-0.4, -0.2) is 32.3 Å². The maximum atomic E-state index is 10.5. The van der Waals surface area contributed by atoms with E-state index in [1.54, 1.807) is 0 Å². The third-order valence-electron chi connectivity index (χ3n) is 3.00. The molecular weight excluding hydrogens is 274 g/mol. The fourth-order valence-corrected chi connectivity index (χ4v) is 1.85. The van der Waals surface area contributed by atoms with Crippen molar-refractivity contribution in [3.63, 3.8) is 0 Å². The summed E-state index contributed by atoms with van der Waals surface area (Å²) in [6.07, 6.45) is 2.78. The minimum Gasteiger partial charge on any atom is -0.491 e. The maximum absolute atomic E-state index is 10.5. The summed E-state index contributed by atoms with van der Waals surface area (Å²) >= 11 is 0. The van der Waals surface area contributed by atoms with Gasteiger partial charge in [0.25, 0.3) is 0 Å². The molecule has 1 aromatic heterocycles. The van der Waals surface area contributed by atoms with E-state index in [2.05, 4.69) is 11.9 Å². The normalized spacial score (nSPS) is 12.1. The van der Waals surface area contributed by atoms with E-state index < -0.39 is 11.0 Å². The lowest BCUT2D eigenvalue weighted by Crippen LogP contribution is -2.23.